The molecule has 0 atom stereocenters. The normalized spacial score (nSPS) is 12.3. The zero-order valence-electron chi connectivity index (χ0n) is 11.3. The van der Waals surface area contributed by atoms with Gasteiger partial charge in [0.2, 0.25) is 10.0 Å². The second-order valence-corrected chi connectivity index (χ2v) is 8.49. The molecule has 0 radical (unpaired) electrons. The summed E-state index contributed by atoms with van der Waals surface area (Å²) in [6.07, 6.45) is 1.31. The largest absolute Gasteiger partial charge is 0.295 e. The minimum atomic E-state index is -3.68. The maximum atomic E-state index is 11.9. The fourth-order valence-electron chi connectivity index (χ4n) is 1.49. The summed E-state index contributed by atoms with van der Waals surface area (Å²) >= 11 is 0. The number of nitrogens with one attached hydrogen (secondary N) is 1. The Hall–Kier alpha value is -1.25. The lowest BCUT2D eigenvalue weighted by molar-refractivity contribution is 0.101. The molecule has 0 fully saturated rings. The SMILES string of the molecule is CC(=O)c1ccc(S(=O)(=O)NCCCS(C)(=O)=O)cc1. The molecule has 20 heavy (non-hydrogen) atoms. The Labute approximate surface area is 119 Å². The van der Waals surface area contributed by atoms with Crippen molar-refractivity contribution < 1.29 is 21.6 Å². The van der Waals surface area contributed by atoms with Crippen LogP contribution in [0.5, 0.6) is 0 Å². The molecule has 0 spiro atoms. The van der Waals surface area contributed by atoms with Gasteiger partial charge in [0.1, 0.15) is 9.84 Å². The summed E-state index contributed by atoms with van der Waals surface area (Å²) in [7, 11) is -6.77. The molecule has 1 N–H and O–H groups in total. The summed E-state index contributed by atoms with van der Waals surface area (Å²) in [5, 5.41) is 0. The first-order valence-corrected chi connectivity index (χ1v) is 9.44. The number of rotatable bonds is 7. The molecule has 0 heterocycles. The third-order valence-corrected chi connectivity index (χ3v) is 5.06. The molecular weight excluding hydrogens is 302 g/mol. The highest BCUT2D eigenvalue weighted by Crippen LogP contribution is 2.10. The van der Waals surface area contributed by atoms with E-state index < -0.39 is 19.9 Å². The topological polar surface area (TPSA) is 97.4 Å². The number of carbonyl (C=O) groups excluding carboxylic acids is 1. The summed E-state index contributed by atoms with van der Waals surface area (Å²) in [5.41, 5.74) is 0.432. The van der Waals surface area contributed by atoms with Crippen LogP contribution in [0.2, 0.25) is 0 Å². The molecule has 1 aromatic rings. The molecule has 1 aromatic carbocycles. The maximum Gasteiger partial charge on any atom is 0.240 e. The minimum absolute atomic E-state index is 0.0434. The van der Waals surface area contributed by atoms with E-state index in [1.807, 2.05) is 0 Å². The minimum Gasteiger partial charge on any atom is -0.295 e. The van der Waals surface area contributed by atoms with Crippen LogP contribution in [0.1, 0.15) is 23.7 Å². The van der Waals surface area contributed by atoms with Gasteiger partial charge in [-0.1, -0.05) is 12.1 Å². The van der Waals surface area contributed by atoms with Crippen molar-refractivity contribution in [1.82, 2.24) is 4.72 Å². The van der Waals surface area contributed by atoms with Crippen molar-refractivity contribution in [2.45, 2.75) is 18.2 Å². The first kappa shape index (κ1) is 16.8. The summed E-state index contributed by atoms with van der Waals surface area (Å²) in [4.78, 5) is 11.1. The zero-order chi connectivity index (χ0) is 15.4. The summed E-state index contributed by atoms with van der Waals surface area (Å²) in [5.74, 6) is -0.214. The number of Topliss-reactive ketones (excluding diaryl/α,β-unsaturated/α-hetero) is 1. The Morgan fingerprint density at radius 2 is 1.65 bits per heavy atom. The lowest BCUT2D eigenvalue weighted by Crippen LogP contribution is -2.26. The summed E-state index contributed by atoms with van der Waals surface area (Å²) in [6, 6.07) is 5.56. The molecule has 0 aliphatic rings. The van der Waals surface area contributed by atoms with Crippen molar-refractivity contribution in [3.8, 4) is 0 Å². The smallest absolute Gasteiger partial charge is 0.240 e. The van der Waals surface area contributed by atoms with E-state index in [1.165, 1.54) is 31.2 Å². The van der Waals surface area contributed by atoms with Crippen LogP contribution >= 0.6 is 0 Å². The van der Waals surface area contributed by atoms with Gasteiger partial charge in [-0.3, -0.25) is 4.79 Å². The number of sulfone groups is 1. The molecule has 0 saturated carbocycles. The van der Waals surface area contributed by atoms with Gasteiger partial charge in [0.05, 0.1) is 10.6 Å². The third kappa shape index (κ3) is 5.40. The number of hydrogen-bond acceptors (Lipinski definition) is 5. The molecule has 6 nitrogen and oxygen atoms in total. The lowest BCUT2D eigenvalue weighted by Gasteiger charge is -2.06. The van der Waals surface area contributed by atoms with Crippen molar-refractivity contribution in [3.63, 3.8) is 0 Å². The zero-order valence-corrected chi connectivity index (χ0v) is 12.9. The number of hydrogen-bond donors (Lipinski definition) is 1. The Balaban J connectivity index is 2.67. The van der Waals surface area contributed by atoms with Gasteiger partial charge in [0, 0.05) is 18.4 Å². The average Bonchev–Trinajstić information content (AvgIpc) is 2.34. The predicted molar refractivity (Wildman–Crippen MR) is 76.0 cm³/mol. The fourth-order valence-corrected chi connectivity index (χ4v) is 3.24. The quantitative estimate of drug-likeness (QED) is 0.586. The number of benzene rings is 1. The van der Waals surface area contributed by atoms with E-state index in [2.05, 4.69) is 4.72 Å². The van der Waals surface area contributed by atoms with E-state index in [0.717, 1.165) is 6.26 Å². The molecule has 0 amide bonds. The van der Waals surface area contributed by atoms with Crippen LogP contribution in [0, 0.1) is 0 Å². The summed E-state index contributed by atoms with van der Waals surface area (Å²) < 4.78 is 47.9. The van der Waals surface area contributed by atoms with E-state index in [9.17, 15) is 21.6 Å². The summed E-state index contributed by atoms with van der Waals surface area (Å²) in [6.45, 7) is 1.44. The number of sulfonamides is 1. The predicted octanol–water partition coefficient (Wildman–Crippen LogP) is 0.602. The molecular formula is C12H17NO5S2. The van der Waals surface area contributed by atoms with Crippen LogP contribution in [-0.2, 0) is 19.9 Å². The van der Waals surface area contributed by atoms with Crippen LogP contribution in [0.3, 0.4) is 0 Å². The van der Waals surface area contributed by atoms with Crippen molar-refractivity contribution in [2.24, 2.45) is 0 Å². The van der Waals surface area contributed by atoms with E-state index >= 15 is 0 Å². The second-order valence-electron chi connectivity index (χ2n) is 4.46. The first-order valence-electron chi connectivity index (χ1n) is 5.90. The first-order chi connectivity index (χ1) is 9.12. The van der Waals surface area contributed by atoms with Gasteiger partial charge in [-0.05, 0) is 25.5 Å². The van der Waals surface area contributed by atoms with Crippen LogP contribution in [-0.4, -0.2) is 41.2 Å². The molecule has 0 unspecified atom stereocenters. The van der Waals surface area contributed by atoms with E-state index in [4.69, 9.17) is 0 Å². The monoisotopic (exact) mass is 319 g/mol. The Bertz CT molecular complexity index is 675. The highest BCUT2D eigenvalue weighted by molar-refractivity contribution is 7.90. The van der Waals surface area contributed by atoms with Crippen LogP contribution in [0.4, 0.5) is 0 Å². The molecule has 112 valence electrons. The van der Waals surface area contributed by atoms with Crippen molar-refractivity contribution >= 4 is 25.6 Å². The number of ketones is 1. The second kappa shape index (κ2) is 6.47. The fraction of sp³-hybridized carbons (Fsp3) is 0.417. The van der Waals surface area contributed by atoms with Crippen molar-refractivity contribution in [1.29, 1.82) is 0 Å². The van der Waals surface area contributed by atoms with Gasteiger partial charge in [-0.15, -0.1) is 0 Å². The van der Waals surface area contributed by atoms with E-state index in [0.29, 0.717) is 5.56 Å². The van der Waals surface area contributed by atoms with Gasteiger partial charge in [0.25, 0.3) is 0 Å². The Morgan fingerprint density at radius 3 is 2.10 bits per heavy atom. The van der Waals surface area contributed by atoms with Crippen LogP contribution in [0.15, 0.2) is 29.2 Å². The molecule has 1 rings (SSSR count). The molecule has 0 bridgehead atoms. The highest BCUT2D eigenvalue weighted by Gasteiger charge is 2.14. The molecule has 0 aliphatic carbocycles. The standard InChI is InChI=1S/C12H17NO5S2/c1-10(14)11-4-6-12(7-5-11)20(17,18)13-8-3-9-19(2,15)16/h4-7,13H,3,8-9H2,1-2H3. The lowest BCUT2D eigenvalue weighted by atomic mass is 10.2. The molecule has 8 heteroatoms. The molecule has 0 saturated heterocycles. The Kier molecular flexibility index (Phi) is 5.43. The van der Waals surface area contributed by atoms with Gasteiger partial charge >= 0.3 is 0 Å². The third-order valence-electron chi connectivity index (χ3n) is 2.56. The van der Waals surface area contributed by atoms with Crippen molar-refractivity contribution in [3.05, 3.63) is 29.8 Å². The maximum absolute atomic E-state index is 11.9. The highest BCUT2D eigenvalue weighted by atomic mass is 32.2. The van der Waals surface area contributed by atoms with E-state index in [1.54, 1.807) is 0 Å². The molecule has 0 aliphatic heterocycles. The van der Waals surface area contributed by atoms with Gasteiger partial charge in [-0.2, -0.15) is 0 Å². The van der Waals surface area contributed by atoms with E-state index in [-0.39, 0.29) is 29.4 Å². The molecule has 0 aromatic heterocycles. The van der Waals surface area contributed by atoms with Crippen LogP contribution in [0.25, 0.3) is 0 Å². The average molecular weight is 319 g/mol. The van der Waals surface area contributed by atoms with Crippen molar-refractivity contribution in [2.75, 3.05) is 18.6 Å². The van der Waals surface area contributed by atoms with Gasteiger partial charge in [-0.25, -0.2) is 21.6 Å². The van der Waals surface area contributed by atoms with Gasteiger partial charge < -0.3 is 0 Å². The van der Waals surface area contributed by atoms with Gasteiger partial charge in [0.15, 0.2) is 5.78 Å². The van der Waals surface area contributed by atoms with Crippen LogP contribution < -0.4 is 4.72 Å². The Morgan fingerprint density at radius 1 is 1.10 bits per heavy atom. The number of carbonyl (C=O) groups is 1.